The number of benzene rings is 2. The van der Waals surface area contributed by atoms with Crippen LogP contribution in [0.3, 0.4) is 0 Å². The van der Waals surface area contributed by atoms with Crippen LogP contribution in [0.4, 0.5) is 5.69 Å². The Morgan fingerprint density at radius 3 is 1.79 bits per heavy atom. The van der Waals surface area contributed by atoms with Crippen LogP contribution in [0.1, 0.15) is 47.1 Å². The maximum absolute atomic E-state index is 6.48. The van der Waals surface area contributed by atoms with Crippen LogP contribution in [-0.2, 0) is 18.2 Å². The molecule has 0 saturated carbocycles. The molecule has 0 atom stereocenters. The Bertz CT molecular complexity index is 784. The first-order valence-corrected chi connectivity index (χ1v) is 11.0. The van der Waals surface area contributed by atoms with E-state index in [0.717, 1.165) is 11.3 Å². The molecule has 0 spiro atoms. The minimum absolute atomic E-state index is 0.0714. The summed E-state index contributed by atoms with van der Waals surface area (Å²) in [4.78, 5) is 12.2. The second-order valence-corrected chi connectivity index (χ2v) is 8.02. The monoisotopic (exact) mass is 502 g/mol. The van der Waals surface area contributed by atoms with Gasteiger partial charge >= 0.3 is 27.7 Å². The van der Waals surface area contributed by atoms with Crippen molar-refractivity contribution in [1.82, 2.24) is 5.32 Å². The van der Waals surface area contributed by atoms with E-state index in [-0.39, 0.29) is 11.1 Å². The zero-order valence-corrected chi connectivity index (χ0v) is 20.1. The van der Waals surface area contributed by atoms with Gasteiger partial charge in [-0.15, -0.1) is 0 Å². The van der Waals surface area contributed by atoms with Crippen molar-refractivity contribution < 1.29 is 18.2 Å². The molecule has 0 bridgehead atoms. The van der Waals surface area contributed by atoms with E-state index < -0.39 is 0 Å². The van der Waals surface area contributed by atoms with Gasteiger partial charge in [-0.1, -0.05) is 60.4 Å². The Morgan fingerprint density at radius 2 is 1.38 bits per heavy atom. The zero-order chi connectivity index (χ0) is 22.3. The van der Waals surface area contributed by atoms with Gasteiger partial charge in [0, 0.05) is 37.8 Å². The third kappa shape index (κ3) is 14.6. The molecule has 2 aromatic rings. The van der Waals surface area contributed by atoms with Crippen LogP contribution >= 0.6 is 9.53 Å². The zero-order valence-electron chi connectivity index (χ0n) is 17.8. The second kappa shape index (κ2) is 14.1. The van der Waals surface area contributed by atoms with Gasteiger partial charge in [-0.05, 0) is 32.9 Å². The van der Waals surface area contributed by atoms with Gasteiger partial charge in [0.15, 0.2) is 0 Å². The fourth-order valence-corrected chi connectivity index (χ4v) is 1.61. The molecule has 0 radical (unpaired) electrons. The third-order valence-electron chi connectivity index (χ3n) is 2.95. The summed E-state index contributed by atoms with van der Waals surface area (Å²) in [6, 6.07) is 19.7. The number of hydrogen-bond donors (Lipinski definition) is 1. The van der Waals surface area contributed by atoms with Crippen LogP contribution in [-0.4, -0.2) is 23.3 Å². The summed E-state index contributed by atoms with van der Waals surface area (Å²) in [6.07, 6.45) is 2.89. The normalized spacial score (nSPS) is 11.5. The van der Waals surface area contributed by atoms with E-state index in [1.807, 2.05) is 81.4 Å². The van der Waals surface area contributed by atoms with Gasteiger partial charge in [0.25, 0.3) is 0 Å². The topological polar surface area (TPSA) is 41.1 Å². The van der Waals surface area contributed by atoms with Gasteiger partial charge in [0.1, 0.15) is 0 Å². The average molecular weight is 503 g/mol. The molecule has 2 rings (SSSR count). The first kappa shape index (κ1) is 27.0. The predicted octanol–water partition coefficient (Wildman–Crippen LogP) is 6.45. The molecular weight excluding hydrogens is 474 g/mol. The van der Waals surface area contributed by atoms with Gasteiger partial charge in [0.05, 0.1) is 0 Å². The van der Waals surface area contributed by atoms with Gasteiger partial charge in [-0.25, -0.2) is 6.57 Å². The quantitative estimate of drug-likeness (QED) is 0.169. The van der Waals surface area contributed by atoms with E-state index in [1.54, 1.807) is 0 Å². The van der Waals surface area contributed by atoms with Gasteiger partial charge in [-0.2, -0.15) is 0 Å². The molecule has 0 aliphatic carbocycles. The molecule has 0 heterocycles. The predicted molar refractivity (Wildman–Crippen MR) is 122 cm³/mol. The van der Waals surface area contributed by atoms with Gasteiger partial charge < -0.3 is 20.1 Å². The Labute approximate surface area is 190 Å². The van der Waals surface area contributed by atoms with Crippen molar-refractivity contribution in [3.8, 4) is 0 Å². The Hall–Kier alpha value is -1.98. The summed E-state index contributed by atoms with van der Waals surface area (Å²) in [6.45, 7) is 18.3. The van der Waals surface area contributed by atoms with E-state index in [9.17, 15) is 0 Å². The van der Waals surface area contributed by atoms with E-state index in [4.69, 9.17) is 6.57 Å². The summed E-state index contributed by atoms with van der Waals surface area (Å²) in [5, 5.41) is 3.11. The van der Waals surface area contributed by atoms with Crippen molar-refractivity contribution in [3.05, 3.63) is 77.6 Å². The van der Waals surface area contributed by atoms with E-state index >= 15 is 0 Å². The molecule has 0 amide bonds. The number of aliphatic imine (C=N–C) groups is 2. The molecule has 1 N–H and O–H groups in total. The molecule has 158 valence electrons. The molecular formula is C23H29ClN4Pd. The number of para-hydroxylation sites is 1. The summed E-state index contributed by atoms with van der Waals surface area (Å²) >= 11 is 2.22. The molecule has 0 aliphatic rings. The third-order valence-corrected chi connectivity index (χ3v) is 2.95. The fraction of sp³-hybridized carbons (Fsp3) is 0.348. The van der Waals surface area contributed by atoms with E-state index in [0.29, 0.717) is 5.84 Å². The van der Waals surface area contributed by atoms with Crippen LogP contribution in [0.15, 0.2) is 70.6 Å². The Balaban J connectivity index is 0.000000841. The fourth-order valence-electron chi connectivity index (χ4n) is 1.61. The summed E-state index contributed by atoms with van der Waals surface area (Å²) in [5.74, 6) is 0.638. The van der Waals surface area contributed by atoms with Crippen molar-refractivity contribution in [2.24, 2.45) is 9.98 Å². The first-order chi connectivity index (χ1) is 13.6. The van der Waals surface area contributed by atoms with Crippen LogP contribution in [0.25, 0.3) is 4.85 Å². The van der Waals surface area contributed by atoms with Crippen LogP contribution in [0.2, 0.25) is 0 Å². The molecule has 0 aliphatic heterocycles. The van der Waals surface area contributed by atoms with Crippen molar-refractivity contribution in [1.29, 1.82) is 0 Å². The number of halogens is 1. The second-order valence-electron chi connectivity index (χ2n) is 8.02. The minimum atomic E-state index is -0.167. The molecule has 0 aromatic heterocycles. The summed E-state index contributed by atoms with van der Waals surface area (Å²) in [5.41, 5.74) is 1.60. The Kier molecular flexibility index (Phi) is 13.1. The number of amidine groups is 1. The van der Waals surface area contributed by atoms with E-state index in [2.05, 4.69) is 75.0 Å². The number of nitrogens with one attached hydrogen (secondary N) is 1. The van der Waals surface area contributed by atoms with Crippen molar-refractivity contribution >= 4 is 27.4 Å². The summed E-state index contributed by atoms with van der Waals surface area (Å²) < 4.78 is 0. The SMILES string of the molecule is CC(C)(C)N[C-]=NC(=Nc1ccccc1)c1ccccc1.[C-]#[N+]C(C)(C)C.[Cl][Pd+]. The van der Waals surface area contributed by atoms with Gasteiger partial charge in [-0.3, -0.25) is 0 Å². The number of nitrogens with zero attached hydrogens (tertiary/aromatic N) is 3. The van der Waals surface area contributed by atoms with Gasteiger partial charge in [0.2, 0.25) is 5.54 Å². The van der Waals surface area contributed by atoms with Crippen molar-refractivity contribution in [3.63, 3.8) is 0 Å². The maximum atomic E-state index is 6.48. The summed E-state index contributed by atoms with van der Waals surface area (Å²) in [7, 11) is 4.49. The molecule has 0 saturated heterocycles. The molecule has 29 heavy (non-hydrogen) atoms. The van der Waals surface area contributed by atoms with Crippen LogP contribution < -0.4 is 5.32 Å². The molecule has 4 nitrogen and oxygen atoms in total. The van der Waals surface area contributed by atoms with Crippen molar-refractivity contribution in [2.75, 3.05) is 0 Å². The molecule has 6 heteroatoms. The van der Waals surface area contributed by atoms with Crippen LogP contribution in [0.5, 0.6) is 0 Å². The van der Waals surface area contributed by atoms with Crippen LogP contribution in [0, 0.1) is 6.57 Å². The Morgan fingerprint density at radius 1 is 0.931 bits per heavy atom. The molecule has 0 unspecified atom stereocenters. The standard InChI is InChI=1S/C18H20N3.C5H9N.ClH.Pd/c1-18(2,3)20-14-19-17(15-10-6-4-7-11-15)21-16-12-8-5-9-13-16;1-5(2,3)6-4;;/h4-13H,1-3H3,(H,19,20,21);1-3H3;1H;/q-1;;;+2/p-1. The van der Waals surface area contributed by atoms with E-state index in [1.165, 1.54) is 0 Å². The van der Waals surface area contributed by atoms with Crippen molar-refractivity contribution in [2.45, 2.75) is 52.6 Å². The molecule has 0 fully saturated rings. The first-order valence-electron chi connectivity index (χ1n) is 9.03. The average Bonchev–Trinajstić information content (AvgIpc) is 2.69. The molecule has 2 aromatic carbocycles. The number of rotatable bonds is 3. The number of hydrogen-bond acceptors (Lipinski definition) is 1.